The van der Waals surface area contributed by atoms with Crippen LogP contribution in [0.3, 0.4) is 0 Å². The smallest absolute Gasteiger partial charge is 0.306 e. The number of nitrogens with one attached hydrogen (secondary N) is 1. The molecule has 1 atom stereocenters. The van der Waals surface area contributed by atoms with Crippen molar-refractivity contribution in [1.82, 2.24) is 10.3 Å². The van der Waals surface area contributed by atoms with Gasteiger partial charge in [-0.05, 0) is 31.9 Å². The summed E-state index contributed by atoms with van der Waals surface area (Å²) in [4.78, 5) is 3.84. The van der Waals surface area contributed by atoms with Crippen LogP contribution in [0.25, 0.3) is 0 Å². The van der Waals surface area contributed by atoms with E-state index in [1.54, 1.807) is 0 Å². The molecule has 2 nitrogen and oxygen atoms in total. The molecular weight excluding hydrogens is 253 g/mol. The molecule has 0 radical (unpaired) electrons. The van der Waals surface area contributed by atoms with Crippen LogP contribution in [0.5, 0.6) is 0 Å². The Morgan fingerprint density at radius 1 is 1.35 bits per heavy atom. The predicted octanol–water partition coefficient (Wildman–Crippen LogP) is 3.34. The van der Waals surface area contributed by atoms with Crippen LogP contribution in [0.4, 0.5) is 13.2 Å². The van der Waals surface area contributed by atoms with Crippen LogP contribution in [0, 0.1) is 0 Å². The summed E-state index contributed by atoms with van der Waals surface area (Å²) >= 11 is 0. The van der Waals surface area contributed by atoms with Crippen molar-refractivity contribution < 1.29 is 13.2 Å². The summed E-state index contributed by atoms with van der Waals surface area (Å²) in [5, 5.41) is 3.28. The Labute approximate surface area is 104 Å². The number of hydrogen-bond acceptors (Lipinski definition) is 2. The summed E-state index contributed by atoms with van der Waals surface area (Å²) in [6.45, 7) is 1.91. The third-order valence-corrected chi connectivity index (χ3v) is 2.62. The summed E-state index contributed by atoms with van der Waals surface area (Å²) in [5.41, 5.74) is -0.0465. The first-order valence-electron chi connectivity index (χ1n) is 5.26. The highest BCUT2D eigenvalue weighted by atomic mass is 35.5. The average Bonchev–Trinajstić information content (AvgIpc) is 3.00. The first kappa shape index (κ1) is 14.3. The molecule has 96 valence electrons. The topological polar surface area (TPSA) is 24.9 Å². The van der Waals surface area contributed by atoms with Crippen LogP contribution in [0.15, 0.2) is 18.3 Å². The molecule has 0 bridgehead atoms. The highest BCUT2D eigenvalue weighted by molar-refractivity contribution is 5.85. The quantitative estimate of drug-likeness (QED) is 0.908. The van der Waals surface area contributed by atoms with Crippen molar-refractivity contribution in [3.8, 4) is 0 Å². The fraction of sp³-hybridized carbons (Fsp3) is 0.545. The number of rotatable bonds is 3. The van der Waals surface area contributed by atoms with E-state index in [0.29, 0.717) is 11.7 Å². The minimum atomic E-state index is -4.31. The van der Waals surface area contributed by atoms with Gasteiger partial charge in [0.2, 0.25) is 0 Å². The second-order valence-electron chi connectivity index (χ2n) is 4.13. The molecule has 17 heavy (non-hydrogen) atoms. The van der Waals surface area contributed by atoms with E-state index in [1.807, 2.05) is 6.92 Å². The Balaban J connectivity index is 0.00000144. The summed E-state index contributed by atoms with van der Waals surface area (Å²) in [5.74, 6) is 0. The van der Waals surface area contributed by atoms with Gasteiger partial charge in [0.05, 0.1) is 11.3 Å². The monoisotopic (exact) mass is 266 g/mol. The van der Waals surface area contributed by atoms with Crippen LogP contribution in [-0.2, 0) is 6.18 Å². The van der Waals surface area contributed by atoms with Crippen molar-refractivity contribution in [2.24, 2.45) is 0 Å². The number of halogens is 4. The van der Waals surface area contributed by atoms with E-state index in [4.69, 9.17) is 0 Å². The van der Waals surface area contributed by atoms with Crippen LogP contribution >= 0.6 is 12.4 Å². The van der Waals surface area contributed by atoms with Gasteiger partial charge in [0.15, 0.2) is 0 Å². The fourth-order valence-corrected chi connectivity index (χ4v) is 1.52. The highest BCUT2D eigenvalue weighted by Gasteiger charge is 2.31. The standard InChI is InChI=1S/C11H13F3N2.ClH/c1-7(16-9-3-4-9)10-5-2-8(6-15-10)11(12,13)14;/h2,5-7,9,16H,3-4H2,1H3;1H/t7-;/m1./s1. The number of alkyl halides is 3. The van der Waals surface area contributed by atoms with Crippen molar-refractivity contribution in [1.29, 1.82) is 0 Å². The van der Waals surface area contributed by atoms with Crippen molar-refractivity contribution in [3.63, 3.8) is 0 Å². The zero-order chi connectivity index (χ0) is 11.8. The molecule has 1 saturated carbocycles. The molecule has 0 unspecified atom stereocenters. The van der Waals surface area contributed by atoms with Crippen LogP contribution in [-0.4, -0.2) is 11.0 Å². The maximum atomic E-state index is 12.3. The normalized spacial score (nSPS) is 17.4. The minimum absolute atomic E-state index is 0. The van der Waals surface area contributed by atoms with Crippen molar-refractivity contribution in [3.05, 3.63) is 29.6 Å². The molecule has 0 aromatic carbocycles. The Bertz CT molecular complexity index is 360. The number of pyridine rings is 1. The van der Waals surface area contributed by atoms with Gasteiger partial charge in [0.1, 0.15) is 0 Å². The predicted molar refractivity (Wildman–Crippen MR) is 61.1 cm³/mol. The Morgan fingerprint density at radius 2 is 2.00 bits per heavy atom. The molecule has 1 fully saturated rings. The van der Waals surface area contributed by atoms with Gasteiger partial charge in [-0.3, -0.25) is 4.98 Å². The zero-order valence-electron chi connectivity index (χ0n) is 9.29. The third-order valence-electron chi connectivity index (χ3n) is 2.62. The second kappa shape index (κ2) is 5.23. The van der Waals surface area contributed by atoms with Crippen LogP contribution in [0.2, 0.25) is 0 Å². The van der Waals surface area contributed by atoms with E-state index >= 15 is 0 Å². The van der Waals surface area contributed by atoms with Gasteiger partial charge in [-0.25, -0.2) is 0 Å². The van der Waals surface area contributed by atoms with Gasteiger partial charge < -0.3 is 5.32 Å². The molecule has 1 aliphatic carbocycles. The molecule has 1 heterocycles. The van der Waals surface area contributed by atoms with Gasteiger partial charge in [0, 0.05) is 18.3 Å². The number of aromatic nitrogens is 1. The van der Waals surface area contributed by atoms with Crippen LogP contribution < -0.4 is 5.32 Å². The largest absolute Gasteiger partial charge is 0.417 e. The zero-order valence-corrected chi connectivity index (χ0v) is 10.1. The van der Waals surface area contributed by atoms with Crippen molar-refractivity contribution >= 4 is 12.4 Å². The van der Waals surface area contributed by atoms with Crippen molar-refractivity contribution in [2.75, 3.05) is 0 Å². The molecular formula is C11H14ClF3N2. The first-order valence-corrected chi connectivity index (χ1v) is 5.26. The Morgan fingerprint density at radius 3 is 2.41 bits per heavy atom. The molecule has 0 saturated heterocycles. The summed E-state index contributed by atoms with van der Waals surface area (Å²) in [6.07, 6.45) is -1.13. The van der Waals surface area contributed by atoms with E-state index in [9.17, 15) is 13.2 Å². The van der Waals surface area contributed by atoms with Crippen molar-refractivity contribution in [2.45, 2.75) is 38.0 Å². The fourth-order valence-electron chi connectivity index (χ4n) is 1.52. The average molecular weight is 267 g/mol. The number of nitrogens with zero attached hydrogens (tertiary/aromatic N) is 1. The molecule has 0 aliphatic heterocycles. The molecule has 1 aliphatic rings. The molecule has 1 N–H and O–H groups in total. The molecule has 0 spiro atoms. The van der Waals surface area contributed by atoms with E-state index in [0.717, 1.165) is 25.1 Å². The number of hydrogen-bond donors (Lipinski definition) is 1. The maximum absolute atomic E-state index is 12.3. The third kappa shape index (κ3) is 3.85. The van der Waals surface area contributed by atoms with E-state index in [2.05, 4.69) is 10.3 Å². The van der Waals surface area contributed by atoms with Gasteiger partial charge in [-0.2, -0.15) is 13.2 Å². The Kier molecular flexibility index (Phi) is 4.38. The van der Waals surface area contributed by atoms with Gasteiger partial charge in [-0.15, -0.1) is 12.4 Å². The SMILES string of the molecule is C[C@@H](NC1CC1)c1ccc(C(F)(F)F)cn1.Cl. The molecule has 1 aromatic heterocycles. The van der Waals surface area contributed by atoms with E-state index in [1.165, 1.54) is 6.07 Å². The Hall–Kier alpha value is -0.810. The maximum Gasteiger partial charge on any atom is 0.417 e. The lowest BCUT2D eigenvalue weighted by molar-refractivity contribution is -0.137. The molecule has 0 amide bonds. The second-order valence-corrected chi connectivity index (χ2v) is 4.13. The summed E-state index contributed by atoms with van der Waals surface area (Å²) in [6, 6.07) is 3.03. The summed E-state index contributed by atoms with van der Waals surface area (Å²) < 4.78 is 36.9. The molecule has 1 aromatic rings. The lowest BCUT2D eigenvalue weighted by Gasteiger charge is -2.13. The molecule has 6 heteroatoms. The highest BCUT2D eigenvalue weighted by Crippen LogP contribution is 2.29. The van der Waals surface area contributed by atoms with Crippen LogP contribution in [0.1, 0.15) is 37.1 Å². The summed E-state index contributed by atoms with van der Waals surface area (Å²) in [7, 11) is 0. The lowest BCUT2D eigenvalue weighted by Crippen LogP contribution is -2.21. The van der Waals surface area contributed by atoms with Gasteiger partial charge in [-0.1, -0.05) is 0 Å². The molecule has 2 rings (SSSR count). The minimum Gasteiger partial charge on any atom is -0.306 e. The van der Waals surface area contributed by atoms with E-state index in [-0.39, 0.29) is 18.4 Å². The lowest BCUT2D eigenvalue weighted by atomic mass is 10.2. The van der Waals surface area contributed by atoms with Gasteiger partial charge in [0.25, 0.3) is 0 Å². The van der Waals surface area contributed by atoms with E-state index < -0.39 is 11.7 Å². The first-order chi connectivity index (χ1) is 7.47. The van der Waals surface area contributed by atoms with Gasteiger partial charge >= 0.3 is 6.18 Å².